The zero-order chi connectivity index (χ0) is 13.7. The summed E-state index contributed by atoms with van der Waals surface area (Å²) in [6.45, 7) is 1.53. The smallest absolute Gasteiger partial charge is 0.303 e. The Morgan fingerprint density at radius 1 is 1.47 bits per heavy atom. The summed E-state index contributed by atoms with van der Waals surface area (Å²) in [6.07, 6.45) is 3.38. The van der Waals surface area contributed by atoms with E-state index in [-0.39, 0.29) is 12.3 Å². The van der Waals surface area contributed by atoms with Crippen LogP contribution in [0.2, 0.25) is 0 Å². The van der Waals surface area contributed by atoms with Crippen molar-refractivity contribution in [3.63, 3.8) is 0 Å². The molecule has 1 atom stereocenters. The van der Waals surface area contributed by atoms with Gasteiger partial charge in [0, 0.05) is 24.4 Å². The van der Waals surface area contributed by atoms with Gasteiger partial charge in [0.05, 0.1) is 6.42 Å². The number of piperidine rings is 1. The summed E-state index contributed by atoms with van der Waals surface area (Å²) in [7, 11) is 0. The lowest BCUT2D eigenvalue weighted by Crippen LogP contribution is -2.40. The van der Waals surface area contributed by atoms with Crippen LogP contribution in [0, 0.1) is 5.92 Å². The van der Waals surface area contributed by atoms with E-state index in [1.165, 1.54) is 0 Å². The molecule has 2 rings (SSSR count). The van der Waals surface area contributed by atoms with Crippen molar-refractivity contribution in [2.45, 2.75) is 32.1 Å². The highest BCUT2D eigenvalue weighted by Gasteiger charge is 2.24. The van der Waals surface area contributed by atoms with Crippen LogP contribution in [-0.2, 0) is 16.0 Å². The number of carboxylic acids is 1. The third kappa shape index (κ3) is 4.35. The minimum absolute atomic E-state index is 0.169. The Bertz CT molecular complexity index is 430. The first-order valence-electron chi connectivity index (χ1n) is 6.67. The topological polar surface area (TPSA) is 57.6 Å². The fourth-order valence-electron chi connectivity index (χ4n) is 2.53. The molecule has 2 heterocycles. The van der Waals surface area contributed by atoms with Crippen LogP contribution in [-0.4, -0.2) is 35.0 Å². The number of hydrogen-bond donors (Lipinski definition) is 1. The van der Waals surface area contributed by atoms with Crippen molar-refractivity contribution in [3.8, 4) is 0 Å². The number of thiophene rings is 1. The fraction of sp³-hybridized carbons (Fsp3) is 0.571. The molecule has 104 valence electrons. The quantitative estimate of drug-likeness (QED) is 0.901. The van der Waals surface area contributed by atoms with E-state index < -0.39 is 5.97 Å². The molecule has 0 aliphatic carbocycles. The fourth-order valence-corrected chi connectivity index (χ4v) is 3.22. The molecule has 1 saturated heterocycles. The molecule has 19 heavy (non-hydrogen) atoms. The molecule has 4 nitrogen and oxygen atoms in total. The maximum absolute atomic E-state index is 12.2. The van der Waals surface area contributed by atoms with E-state index in [2.05, 4.69) is 0 Å². The maximum atomic E-state index is 12.2. The summed E-state index contributed by atoms with van der Waals surface area (Å²) in [4.78, 5) is 25.7. The second-order valence-electron chi connectivity index (χ2n) is 5.04. The SMILES string of the molecule is O=C(O)CCC1CCCN(C(=O)Cc2cccs2)C1. The van der Waals surface area contributed by atoms with Crippen LogP contribution in [0.1, 0.15) is 30.6 Å². The van der Waals surface area contributed by atoms with Crippen LogP contribution < -0.4 is 0 Å². The van der Waals surface area contributed by atoms with Gasteiger partial charge in [0.1, 0.15) is 0 Å². The highest BCUT2D eigenvalue weighted by molar-refractivity contribution is 7.10. The number of amides is 1. The van der Waals surface area contributed by atoms with E-state index in [1.807, 2.05) is 22.4 Å². The Hall–Kier alpha value is -1.36. The zero-order valence-corrected chi connectivity index (χ0v) is 11.7. The third-order valence-electron chi connectivity index (χ3n) is 3.54. The number of aliphatic carboxylic acids is 1. The van der Waals surface area contributed by atoms with Crippen molar-refractivity contribution in [2.75, 3.05) is 13.1 Å². The Balaban J connectivity index is 1.82. The molecule has 0 spiro atoms. The normalized spacial score (nSPS) is 19.4. The van der Waals surface area contributed by atoms with Gasteiger partial charge in [0.15, 0.2) is 0 Å². The predicted octanol–water partition coefficient (Wildman–Crippen LogP) is 2.39. The largest absolute Gasteiger partial charge is 0.481 e. The highest BCUT2D eigenvalue weighted by atomic mass is 32.1. The minimum atomic E-state index is -0.748. The second kappa shape index (κ2) is 6.70. The van der Waals surface area contributed by atoms with Crippen molar-refractivity contribution >= 4 is 23.2 Å². The number of nitrogens with zero attached hydrogens (tertiary/aromatic N) is 1. The van der Waals surface area contributed by atoms with E-state index >= 15 is 0 Å². The van der Waals surface area contributed by atoms with Gasteiger partial charge in [0.25, 0.3) is 0 Å². The van der Waals surface area contributed by atoms with E-state index in [0.29, 0.717) is 18.8 Å². The number of carbonyl (C=O) groups is 2. The number of likely N-dealkylation sites (tertiary alicyclic amines) is 1. The molecule has 1 amide bonds. The van der Waals surface area contributed by atoms with Crippen LogP contribution >= 0.6 is 11.3 Å². The van der Waals surface area contributed by atoms with E-state index in [9.17, 15) is 9.59 Å². The van der Waals surface area contributed by atoms with Gasteiger partial charge in [-0.25, -0.2) is 0 Å². The lowest BCUT2D eigenvalue weighted by Gasteiger charge is -2.32. The molecule has 1 unspecified atom stereocenters. The van der Waals surface area contributed by atoms with Crippen LogP contribution in [0.3, 0.4) is 0 Å². The molecule has 1 aromatic heterocycles. The van der Waals surface area contributed by atoms with Crippen LogP contribution in [0.4, 0.5) is 0 Å². The molecule has 1 fully saturated rings. The molecule has 0 saturated carbocycles. The molecule has 0 radical (unpaired) electrons. The van der Waals surface area contributed by atoms with Gasteiger partial charge < -0.3 is 10.0 Å². The first-order valence-corrected chi connectivity index (χ1v) is 7.55. The molecular formula is C14H19NO3S. The van der Waals surface area contributed by atoms with Crippen molar-refractivity contribution in [3.05, 3.63) is 22.4 Å². The molecule has 5 heteroatoms. The van der Waals surface area contributed by atoms with Crippen molar-refractivity contribution in [1.82, 2.24) is 4.90 Å². The first kappa shape index (κ1) is 14.1. The van der Waals surface area contributed by atoms with Crippen LogP contribution in [0.15, 0.2) is 17.5 Å². The second-order valence-corrected chi connectivity index (χ2v) is 6.07. The van der Waals surface area contributed by atoms with Crippen molar-refractivity contribution in [2.24, 2.45) is 5.92 Å². The summed E-state index contributed by atoms with van der Waals surface area (Å²) in [5, 5.41) is 10.7. The minimum Gasteiger partial charge on any atom is -0.481 e. The van der Waals surface area contributed by atoms with Crippen LogP contribution in [0.25, 0.3) is 0 Å². The number of hydrogen-bond acceptors (Lipinski definition) is 3. The molecular weight excluding hydrogens is 262 g/mol. The maximum Gasteiger partial charge on any atom is 0.303 e. The van der Waals surface area contributed by atoms with Crippen LogP contribution in [0.5, 0.6) is 0 Å². The summed E-state index contributed by atoms with van der Waals surface area (Å²) in [5.41, 5.74) is 0. The van der Waals surface area contributed by atoms with E-state index in [1.54, 1.807) is 11.3 Å². The molecule has 0 bridgehead atoms. The Morgan fingerprint density at radius 3 is 3.00 bits per heavy atom. The molecule has 1 aromatic rings. The third-order valence-corrected chi connectivity index (χ3v) is 4.42. The highest BCUT2D eigenvalue weighted by Crippen LogP contribution is 2.22. The lowest BCUT2D eigenvalue weighted by atomic mass is 9.93. The van der Waals surface area contributed by atoms with Crippen molar-refractivity contribution in [1.29, 1.82) is 0 Å². The van der Waals surface area contributed by atoms with Crippen molar-refractivity contribution < 1.29 is 14.7 Å². The summed E-state index contributed by atoms with van der Waals surface area (Å²) < 4.78 is 0. The average molecular weight is 281 g/mol. The lowest BCUT2D eigenvalue weighted by molar-refractivity contribution is -0.137. The Morgan fingerprint density at radius 2 is 2.32 bits per heavy atom. The molecule has 1 aliphatic rings. The molecule has 1 N–H and O–H groups in total. The van der Waals surface area contributed by atoms with Gasteiger partial charge in [-0.3, -0.25) is 9.59 Å². The van der Waals surface area contributed by atoms with E-state index in [0.717, 1.165) is 30.8 Å². The number of carboxylic acid groups (broad SMARTS) is 1. The van der Waals surface area contributed by atoms with Gasteiger partial charge in [-0.05, 0) is 36.6 Å². The number of rotatable bonds is 5. The summed E-state index contributed by atoms with van der Waals surface area (Å²) in [5.74, 6) is -0.235. The standard InChI is InChI=1S/C14H19NO3S/c16-13(9-12-4-2-8-19-12)15-7-1-3-11(10-15)5-6-14(17)18/h2,4,8,11H,1,3,5-7,9-10H2,(H,17,18). The van der Waals surface area contributed by atoms with Gasteiger partial charge in [-0.2, -0.15) is 0 Å². The summed E-state index contributed by atoms with van der Waals surface area (Å²) in [6, 6.07) is 3.94. The zero-order valence-electron chi connectivity index (χ0n) is 10.9. The monoisotopic (exact) mass is 281 g/mol. The Kier molecular flexibility index (Phi) is 4.96. The molecule has 0 aromatic carbocycles. The van der Waals surface area contributed by atoms with Gasteiger partial charge in [-0.1, -0.05) is 6.07 Å². The van der Waals surface area contributed by atoms with Gasteiger partial charge >= 0.3 is 5.97 Å². The van der Waals surface area contributed by atoms with Gasteiger partial charge in [0.2, 0.25) is 5.91 Å². The Labute approximate surface area is 117 Å². The summed E-state index contributed by atoms with van der Waals surface area (Å²) >= 11 is 1.61. The first-order chi connectivity index (χ1) is 9.15. The van der Waals surface area contributed by atoms with Gasteiger partial charge in [-0.15, -0.1) is 11.3 Å². The average Bonchev–Trinajstić information content (AvgIpc) is 2.89. The molecule has 1 aliphatic heterocycles. The van der Waals surface area contributed by atoms with E-state index in [4.69, 9.17) is 5.11 Å². The number of carbonyl (C=O) groups excluding carboxylic acids is 1. The predicted molar refractivity (Wildman–Crippen MR) is 74.2 cm³/mol.